The number of ether oxygens (including phenoxy) is 2. The average molecular weight is 739 g/mol. The molecule has 0 radical (unpaired) electrons. The first kappa shape index (κ1) is 38.3. The maximum absolute atomic E-state index is 13.5. The van der Waals surface area contributed by atoms with Gasteiger partial charge in [0.1, 0.15) is 6.10 Å². The van der Waals surface area contributed by atoms with E-state index in [1.54, 1.807) is 36.4 Å². The summed E-state index contributed by atoms with van der Waals surface area (Å²) < 4.78 is 12.4. The molecule has 10 atom stereocenters. The first-order valence-electron chi connectivity index (χ1n) is 20.1. The van der Waals surface area contributed by atoms with Crippen LogP contribution in [0.5, 0.6) is 0 Å². The number of hydrogen-bond acceptors (Lipinski definition) is 6. The zero-order chi connectivity index (χ0) is 39.0. The number of carbonyl (C=O) groups is 4. The van der Waals surface area contributed by atoms with Crippen molar-refractivity contribution in [3.8, 4) is 0 Å². The standard InChI is InChI=1S/C46H58O8/c1-27(2)28-18-23-46(26-53-40(51)31-14-10-8-12-29(31)38(47)48)25-24-44(6)33(37(28)46)16-17-35-43(5)21-20-36(42(3,4)34(43)19-22-45(35,44)7)54-41(52)32-15-11-9-13-30(32)39(49)50/h8-15,28,33-37H,1,16-26H2,2-7H3,(H,47,48)(H,49,50)/t28-,33+,34+,35+,36-,37+,43+,44+,45+,46+/m0/s1. The lowest BCUT2D eigenvalue weighted by atomic mass is 9.32. The first-order valence-corrected chi connectivity index (χ1v) is 20.1. The maximum atomic E-state index is 13.5. The number of carboxylic acids is 2. The summed E-state index contributed by atoms with van der Waals surface area (Å²) in [6.45, 7) is 19.1. The first-order chi connectivity index (χ1) is 25.4. The number of benzene rings is 2. The number of esters is 2. The third-order valence-corrected chi connectivity index (χ3v) is 16.7. The van der Waals surface area contributed by atoms with Gasteiger partial charge in [-0.15, -0.1) is 0 Å². The molecule has 0 aromatic heterocycles. The molecule has 5 aliphatic rings. The largest absolute Gasteiger partial charge is 0.478 e. The van der Waals surface area contributed by atoms with Gasteiger partial charge in [-0.2, -0.15) is 0 Å². The Hall–Kier alpha value is -3.94. The Balaban J connectivity index is 1.14. The normalized spacial score (nSPS) is 37.7. The molecule has 0 unspecified atom stereocenters. The summed E-state index contributed by atoms with van der Waals surface area (Å²) in [5, 5.41) is 19.5. The van der Waals surface area contributed by atoms with Gasteiger partial charge in [-0.05, 0) is 141 Å². The van der Waals surface area contributed by atoms with E-state index in [2.05, 4.69) is 48.1 Å². The van der Waals surface area contributed by atoms with Crippen LogP contribution in [-0.2, 0) is 9.47 Å². The fourth-order valence-corrected chi connectivity index (χ4v) is 13.9. The van der Waals surface area contributed by atoms with Gasteiger partial charge in [-0.25, -0.2) is 19.2 Å². The predicted octanol–water partition coefficient (Wildman–Crippen LogP) is 10.1. The Morgan fingerprint density at radius 2 is 1.28 bits per heavy atom. The van der Waals surface area contributed by atoms with E-state index < -0.39 is 23.9 Å². The number of rotatable bonds is 8. The second-order valence-electron chi connectivity index (χ2n) is 19.1. The van der Waals surface area contributed by atoms with Crippen molar-refractivity contribution in [3.05, 3.63) is 82.9 Å². The van der Waals surface area contributed by atoms with E-state index in [0.29, 0.717) is 36.2 Å². The summed E-state index contributed by atoms with van der Waals surface area (Å²) in [5.41, 5.74) is 1.09. The third-order valence-electron chi connectivity index (χ3n) is 16.7. The third kappa shape index (κ3) is 5.67. The van der Waals surface area contributed by atoms with E-state index in [4.69, 9.17) is 9.47 Å². The van der Waals surface area contributed by atoms with Gasteiger partial charge in [-0.1, -0.05) is 71.0 Å². The van der Waals surface area contributed by atoms with E-state index >= 15 is 0 Å². The van der Waals surface area contributed by atoms with E-state index in [-0.39, 0.29) is 55.4 Å². The molecular formula is C46H58O8. The molecule has 2 aromatic rings. The lowest BCUT2D eigenvalue weighted by molar-refractivity contribution is -0.249. The van der Waals surface area contributed by atoms with E-state index in [9.17, 15) is 29.4 Å². The number of fused-ring (bicyclic) bond motifs is 7. The summed E-state index contributed by atoms with van der Waals surface area (Å²) in [4.78, 5) is 50.7. The predicted molar refractivity (Wildman–Crippen MR) is 205 cm³/mol. The van der Waals surface area contributed by atoms with Crippen LogP contribution >= 0.6 is 0 Å². The highest BCUT2D eigenvalue weighted by Gasteiger charge is 2.71. The van der Waals surface area contributed by atoms with E-state index in [1.165, 1.54) is 17.7 Å². The van der Waals surface area contributed by atoms with Gasteiger partial charge in [0.2, 0.25) is 0 Å². The highest BCUT2D eigenvalue weighted by molar-refractivity contribution is 6.03. The molecule has 2 N–H and O–H groups in total. The van der Waals surface area contributed by atoms with Crippen molar-refractivity contribution in [2.24, 2.45) is 56.7 Å². The Labute approximate surface area is 320 Å². The van der Waals surface area contributed by atoms with Gasteiger partial charge in [0.05, 0.1) is 28.9 Å². The molecule has 8 heteroatoms. The fraction of sp³-hybridized carbons (Fsp3) is 0.609. The molecule has 0 amide bonds. The van der Waals surface area contributed by atoms with Crippen molar-refractivity contribution < 1.29 is 38.9 Å². The fourth-order valence-electron chi connectivity index (χ4n) is 13.9. The minimum Gasteiger partial charge on any atom is -0.478 e. The second-order valence-corrected chi connectivity index (χ2v) is 19.1. The molecule has 0 aliphatic heterocycles. The number of carbonyl (C=O) groups excluding carboxylic acids is 2. The van der Waals surface area contributed by atoms with Crippen LogP contribution in [0.4, 0.5) is 0 Å². The van der Waals surface area contributed by atoms with Crippen LogP contribution < -0.4 is 0 Å². The maximum Gasteiger partial charge on any atom is 0.339 e. The van der Waals surface area contributed by atoms with E-state index in [1.807, 2.05) is 0 Å². The van der Waals surface area contributed by atoms with Crippen LogP contribution in [0.25, 0.3) is 0 Å². The van der Waals surface area contributed by atoms with Crippen molar-refractivity contribution in [2.75, 3.05) is 6.61 Å². The van der Waals surface area contributed by atoms with Gasteiger partial charge in [0.25, 0.3) is 0 Å². The van der Waals surface area contributed by atoms with Crippen LogP contribution in [0, 0.1) is 56.7 Å². The van der Waals surface area contributed by atoms with Gasteiger partial charge < -0.3 is 19.7 Å². The lowest BCUT2D eigenvalue weighted by Crippen LogP contribution is -2.67. The number of carboxylic acid groups (broad SMARTS) is 2. The van der Waals surface area contributed by atoms with Crippen molar-refractivity contribution in [1.82, 2.24) is 0 Å². The van der Waals surface area contributed by atoms with Gasteiger partial charge in [-0.3, -0.25) is 0 Å². The summed E-state index contributed by atoms with van der Waals surface area (Å²) >= 11 is 0. The van der Waals surface area contributed by atoms with Gasteiger partial charge >= 0.3 is 23.9 Å². The molecule has 5 saturated carbocycles. The minimum atomic E-state index is -1.14. The van der Waals surface area contributed by atoms with E-state index in [0.717, 1.165) is 64.2 Å². The quantitative estimate of drug-likeness (QED) is 0.202. The zero-order valence-corrected chi connectivity index (χ0v) is 32.9. The number of aromatic carboxylic acids is 2. The van der Waals surface area contributed by atoms with Crippen LogP contribution in [0.1, 0.15) is 147 Å². The lowest BCUT2D eigenvalue weighted by Gasteiger charge is -2.73. The highest BCUT2D eigenvalue weighted by Crippen LogP contribution is 2.77. The molecule has 54 heavy (non-hydrogen) atoms. The molecule has 5 fully saturated rings. The van der Waals surface area contributed by atoms with Crippen LogP contribution in [-0.4, -0.2) is 46.8 Å². The van der Waals surface area contributed by atoms with Crippen LogP contribution in [0.15, 0.2) is 60.7 Å². The number of allylic oxidation sites excluding steroid dienone is 1. The molecule has 0 bridgehead atoms. The topological polar surface area (TPSA) is 127 Å². The highest BCUT2D eigenvalue weighted by atomic mass is 16.5. The van der Waals surface area contributed by atoms with Crippen molar-refractivity contribution >= 4 is 23.9 Å². The Morgan fingerprint density at radius 3 is 1.87 bits per heavy atom. The van der Waals surface area contributed by atoms with Gasteiger partial charge in [0, 0.05) is 10.8 Å². The second kappa shape index (κ2) is 13.4. The summed E-state index contributed by atoms with van der Waals surface area (Å²) in [5.74, 6) is -1.43. The molecule has 7 rings (SSSR count). The zero-order valence-electron chi connectivity index (χ0n) is 32.9. The summed E-state index contributed by atoms with van der Waals surface area (Å²) in [7, 11) is 0. The summed E-state index contributed by atoms with van der Waals surface area (Å²) in [6, 6.07) is 12.6. The molecule has 8 nitrogen and oxygen atoms in total. The number of hydrogen-bond donors (Lipinski definition) is 2. The van der Waals surface area contributed by atoms with Crippen LogP contribution in [0.3, 0.4) is 0 Å². The van der Waals surface area contributed by atoms with Gasteiger partial charge in [0.15, 0.2) is 0 Å². The minimum absolute atomic E-state index is 0.0336. The monoisotopic (exact) mass is 738 g/mol. The molecule has 290 valence electrons. The van der Waals surface area contributed by atoms with Crippen LogP contribution in [0.2, 0.25) is 0 Å². The van der Waals surface area contributed by atoms with Crippen molar-refractivity contribution in [2.45, 2.75) is 112 Å². The molecule has 2 aromatic carbocycles. The summed E-state index contributed by atoms with van der Waals surface area (Å²) in [6.07, 6.45) is 9.77. The molecule has 5 aliphatic carbocycles. The Bertz CT molecular complexity index is 1880. The molecule has 0 saturated heterocycles. The van der Waals surface area contributed by atoms with Crippen molar-refractivity contribution in [3.63, 3.8) is 0 Å². The van der Waals surface area contributed by atoms with Crippen molar-refractivity contribution in [1.29, 1.82) is 0 Å². The SMILES string of the molecule is C=C(C)[C@@H]1CC[C@]2(COC(=O)c3ccccc3C(=O)O)CC[C@]3(C)[C@H](CC[C@@H]4[C@]5(C)CC[C@H](OC(=O)c6ccccc6C(=O)O)C(C)(C)[C@H]5CC[C@]43C)[C@@H]12. The Kier molecular flexibility index (Phi) is 9.49. The molecular weight excluding hydrogens is 680 g/mol. The smallest absolute Gasteiger partial charge is 0.339 e. The molecule has 0 spiro atoms. The average Bonchev–Trinajstić information content (AvgIpc) is 3.52. The Morgan fingerprint density at radius 1 is 0.685 bits per heavy atom. The molecule has 0 heterocycles.